The van der Waals surface area contributed by atoms with Gasteiger partial charge >= 0.3 is 6.16 Å². The van der Waals surface area contributed by atoms with E-state index >= 15 is 0 Å². The predicted octanol–water partition coefficient (Wildman–Crippen LogP) is 1.47. The fourth-order valence-corrected chi connectivity index (χ4v) is 1.66. The van der Waals surface area contributed by atoms with Crippen LogP contribution in [0.4, 0.5) is 4.79 Å². The molecule has 0 aliphatic rings. The van der Waals surface area contributed by atoms with Crippen LogP contribution >= 0.6 is 0 Å². The van der Waals surface area contributed by atoms with Gasteiger partial charge in [-0.05, 0) is 17.7 Å². The number of carbonyl (C=O) groups excluding carboxylic acids is 1. The van der Waals surface area contributed by atoms with Crippen LogP contribution in [-0.2, 0) is 6.54 Å². The fourth-order valence-electron chi connectivity index (χ4n) is 1.66. The molecule has 1 aromatic carbocycles. The number of benzene rings is 1. The van der Waals surface area contributed by atoms with Crippen molar-refractivity contribution in [2.24, 2.45) is 0 Å². The van der Waals surface area contributed by atoms with Gasteiger partial charge < -0.3 is 19.9 Å². The molecule has 0 aliphatic carbocycles. The third-order valence-electron chi connectivity index (χ3n) is 2.65. The minimum atomic E-state index is -1.51. The molecule has 114 valence electrons. The Bertz CT molecular complexity index is 690. The van der Waals surface area contributed by atoms with E-state index in [2.05, 4.69) is 20.0 Å². The lowest BCUT2D eigenvalue weighted by atomic mass is 10.2. The van der Waals surface area contributed by atoms with Gasteiger partial charge in [0.1, 0.15) is 17.8 Å². The van der Waals surface area contributed by atoms with Crippen LogP contribution in [0, 0.1) is 0 Å². The lowest BCUT2D eigenvalue weighted by Gasteiger charge is -2.07. The van der Waals surface area contributed by atoms with E-state index in [0.29, 0.717) is 5.75 Å². The summed E-state index contributed by atoms with van der Waals surface area (Å²) in [5, 5.41) is 11.2. The van der Waals surface area contributed by atoms with Gasteiger partial charge in [-0.15, -0.1) is 0 Å². The standard InChI is InChI=1S/C14H13N3O5/c1-21-10-4-2-3-9(5-10)7-15-13(18)11-6-12(17-8-16-11)22-14(19)20/h2-6,8H,7H2,1H3,(H,15,18)(H,19,20). The number of carboxylic acid groups (broad SMARTS) is 1. The highest BCUT2D eigenvalue weighted by molar-refractivity contribution is 5.92. The zero-order valence-corrected chi connectivity index (χ0v) is 11.6. The highest BCUT2D eigenvalue weighted by atomic mass is 16.7. The molecule has 0 saturated heterocycles. The van der Waals surface area contributed by atoms with Gasteiger partial charge in [0.2, 0.25) is 5.88 Å². The molecular weight excluding hydrogens is 290 g/mol. The van der Waals surface area contributed by atoms with E-state index < -0.39 is 12.1 Å². The molecule has 1 aromatic heterocycles. The van der Waals surface area contributed by atoms with Crippen molar-refractivity contribution in [3.8, 4) is 11.6 Å². The molecule has 8 heteroatoms. The van der Waals surface area contributed by atoms with Crippen molar-refractivity contribution in [3.63, 3.8) is 0 Å². The number of methoxy groups -OCH3 is 1. The third kappa shape index (κ3) is 4.17. The highest BCUT2D eigenvalue weighted by Gasteiger charge is 2.11. The summed E-state index contributed by atoms with van der Waals surface area (Å²) in [4.78, 5) is 29.8. The zero-order valence-electron chi connectivity index (χ0n) is 11.6. The van der Waals surface area contributed by atoms with E-state index in [4.69, 9.17) is 9.84 Å². The van der Waals surface area contributed by atoms with Crippen LogP contribution in [0.3, 0.4) is 0 Å². The summed E-state index contributed by atoms with van der Waals surface area (Å²) in [6, 6.07) is 8.38. The monoisotopic (exact) mass is 303 g/mol. The molecule has 0 fully saturated rings. The van der Waals surface area contributed by atoms with Gasteiger partial charge in [-0.2, -0.15) is 0 Å². The fraction of sp³-hybridized carbons (Fsp3) is 0.143. The number of hydrogen-bond donors (Lipinski definition) is 2. The zero-order chi connectivity index (χ0) is 15.9. The molecule has 22 heavy (non-hydrogen) atoms. The first-order valence-corrected chi connectivity index (χ1v) is 6.22. The largest absolute Gasteiger partial charge is 0.512 e. The van der Waals surface area contributed by atoms with Gasteiger partial charge in [0, 0.05) is 12.6 Å². The van der Waals surface area contributed by atoms with Gasteiger partial charge in [0.05, 0.1) is 7.11 Å². The third-order valence-corrected chi connectivity index (χ3v) is 2.65. The molecule has 0 aliphatic heterocycles. The summed E-state index contributed by atoms with van der Waals surface area (Å²) in [7, 11) is 1.56. The molecule has 2 rings (SSSR count). The summed E-state index contributed by atoms with van der Waals surface area (Å²) in [6.07, 6.45) is -0.458. The molecular formula is C14H13N3O5. The Morgan fingerprint density at radius 2 is 2.09 bits per heavy atom. The van der Waals surface area contributed by atoms with Gasteiger partial charge in [0.25, 0.3) is 5.91 Å². The molecule has 2 N–H and O–H groups in total. The van der Waals surface area contributed by atoms with Crippen LogP contribution in [0.5, 0.6) is 11.6 Å². The lowest BCUT2D eigenvalue weighted by Crippen LogP contribution is -2.24. The number of rotatable bonds is 5. The van der Waals surface area contributed by atoms with Crippen LogP contribution in [0.15, 0.2) is 36.7 Å². The molecule has 2 aromatic rings. The maximum absolute atomic E-state index is 12.0. The first kappa shape index (κ1) is 15.2. The number of ether oxygens (including phenoxy) is 2. The summed E-state index contributed by atoms with van der Waals surface area (Å²) < 4.78 is 9.46. The van der Waals surface area contributed by atoms with Gasteiger partial charge in [-0.1, -0.05) is 12.1 Å². The topological polar surface area (TPSA) is 111 Å². The molecule has 0 unspecified atom stereocenters. The van der Waals surface area contributed by atoms with Crippen LogP contribution in [-0.4, -0.2) is 34.2 Å². The second kappa shape index (κ2) is 7.02. The Morgan fingerprint density at radius 3 is 2.82 bits per heavy atom. The van der Waals surface area contributed by atoms with Crippen LogP contribution in [0.1, 0.15) is 16.1 Å². The van der Waals surface area contributed by atoms with E-state index in [0.717, 1.165) is 18.0 Å². The molecule has 8 nitrogen and oxygen atoms in total. The average molecular weight is 303 g/mol. The number of carbonyl (C=O) groups is 2. The predicted molar refractivity (Wildman–Crippen MR) is 74.8 cm³/mol. The van der Waals surface area contributed by atoms with E-state index in [1.54, 1.807) is 19.2 Å². The number of nitrogens with one attached hydrogen (secondary N) is 1. The smallest absolute Gasteiger partial charge is 0.497 e. The first-order valence-electron chi connectivity index (χ1n) is 6.22. The van der Waals surface area contributed by atoms with E-state index in [-0.39, 0.29) is 18.1 Å². The Hall–Kier alpha value is -3.16. The molecule has 0 atom stereocenters. The second-order valence-corrected chi connectivity index (χ2v) is 4.14. The van der Waals surface area contributed by atoms with Gasteiger partial charge in [-0.3, -0.25) is 4.79 Å². The molecule has 0 spiro atoms. The first-order chi connectivity index (χ1) is 10.6. The van der Waals surface area contributed by atoms with Gasteiger partial charge in [-0.25, -0.2) is 14.8 Å². The summed E-state index contributed by atoms with van der Waals surface area (Å²) in [5.74, 6) is 0.000388. The van der Waals surface area contributed by atoms with Crippen LogP contribution < -0.4 is 14.8 Å². The molecule has 0 bridgehead atoms. The minimum absolute atomic E-state index is 0.00847. The summed E-state index contributed by atoms with van der Waals surface area (Å²) in [6.45, 7) is 0.273. The Labute approximate surface area is 125 Å². The maximum Gasteiger partial charge on any atom is 0.512 e. The van der Waals surface area contributed by atoms with Crippen molar-refractivity contribution in [2.45, 2.75) is 6.54 Å². The lowest BCUT2D eigenvalue weighted by molar-refractivity contribution is 0.0944. The summed E-state index contributed by atoms with van der Waals surface area (Å²) >= 11 is 0. The van der Waals surface area contributed by atoms with Crippen molar-refractivity contribution < 1.29 is 24.2 Å². The van der Waals surface area contributed by atoms with E-state index in [1.807, 2.05) is 12.1 Å². The van der Waals surface area contributed by atoms with Crippen molar-refractivity contribution in [1.82, 2.24) is 15.3 Å². The van der Waals surface area contributed by atoms with Gasteiger partial charge in [0.15, 0.2) is 0 Å². The average Bonchev–Trinajstić information content (AvgIpc) is 2.52. The van der Waals surface area contributed by atoms with Crippen LogP contribution in [0.2, 0.25) is 0 Å². The number of aromatic nitrogens is 2. The second-order valence-electron chi connectivity index (χ2n) is 4.14. The Kier molecular flexibility index (Phi) is 4.86. The molecule has 1 heterocycles. The van der Waals surface area contributed by atoms with E-state index in [1.165, 1.54) is 0 Å². The quantitative estimate of drug-likeness (QED) is 0.804. The van der Waals surface area contributed by atoms with Crippen molar-refractivity contribution in [1.29, 1.82) is 0 Å². The normalized spacial score (nSPS) is 9.86. The summed E-state index contributed by atoms with van der Waals surface area (Å²) in [5.41, 5.74) is 0.859. The molecule has 1 amide bonds. The number of nitrogens with zero attached hydrogens (tertiary/aromatic N) is 2. The van der Waals surface area contributed by atoms with Crippen molar-refractivity contribution >= 4 is 12.1 Å². The molecule has 0 radical (unpaired) electrons. The Balaban J connectivity index is 2.01. The van der Waals surface area contributed by atoms with Crippen molar-refractivity contribution in [3.05, 3.63) is 47.9 Å². The molecule has 0 saturated carbocycles. The SMILES string of the molecule is COc1cccc(CNC(=O)c2cc(OC(=O)O)ncn2)c1. The van der Waals surface area contributed by atoms with E-state index in [9.17, 15) is 9.59 Å². The minimum Gasteiger partial charge on any atom is -0.497 e. The highest BCUT2D eigenvalue weighted by Crippen LogP contribution is 2.12. The number of hydrogen-bond acceptors (Lipinski definition) is 6. The maximum atomic E-state index is 12.0. The number of amides is 1. The Morgan fingerprint density at radius 1 is 1.27 bits per heavy atom. The van der Waals surface area contributed by atoms with Crippen LogP contribution in [0.25, 0.3) is 0 Å². The van der Waals surface area contributed by atoms with Crippen molar-refractivity contribution in [2.75, 3.05) is 7.11 Å².